The smallest absolute Gasteiger partial charge is 0.274 e. The Bertz CT molecular complexity index is 1160. The van der Waals surface area contributed by atoms with E-state index >= 15 is 0 Å². The van der Waals surface area contributed by atoms with Crippen LogP contribution in [0.5, 0.6) is 17.4 Å². The van der Waals surface area contributed by atoms with E-state index in [-0.39, 0.29) is 29.5 Å². The molecule has 1 aromatic carbocycles. The van der Waals surface area contributed by atoms with Gasteiger partial charge < -0.3 is 24.4 Å². The number of aryl methyl sites for hydroxylation is 1. The quantitative estimate of drug-likeness (QED) is 0.511. The van der Waals surface area contributed by atoms with Gasteiger partial charge in [0.2, 0.25) is 5.88 Å². The zero-order chi connectivity index (χ0) is 24.1. The summed E-state index contributed by atoms with van der Waals surface area (Å²) in [5, 5.41) is 14.9. The van der Waals surface area contributed by atoms with Crippen molar-refractivity contribution in [2.24, 2.45) is 7.05 Å². The van der Waals surface area contributed by atoms with Crippen LogP contribution in [0.4, 0.5) is 5.82 Å². The van der Waals surface area contributed by atoms with Crippen LogP contribution in [0.15, 0.2) is 42.6 Å². The molecule has 1 aliphatic rings. The van der Waals surface area contributed by atoms with E-state index in [2.05, 4.69) is 20.6 Å². The van der Waals surface area contributed by atoms with Gasteiger partial charge in [-0.05, 0) is 31.5 Å². The van der Waals surface area contributed by atoms with E-state index < -0.39 is 0 Å². The van der Waals surface area contributed by atoms with Gasteiger partial charge >= 0.3 is 0 Å². The molecule has 4 rings (SSSR count). The summed E-state index contributed by atoms with van der Waals surface area (Å²) in [6.45, 7) is 3.69. The van der Waals surface area contributed by atoms with E-state index in [0.717, 1.165) is 19.5 Å². The molecule has 3 heterocycles. The number of nitrogens with zero attached hydrogens (tertiary/aromatic N) is 5. The molecule has 11 nitrogen and oxygen atoms in total. The van der Waals surface area contributed by atoms with Crippen molar-refractivity contribution in [3.8, 4) is 17.4 Å². The lowest BCUT2D eigenvalue weighted by atomic mass is 10.2. The normalized spacial score (nSPS) is 13.7. The molecule has 3 aromatic rings. The maximum Gasteiger partial charge on any atom is 0.274 e. The fourth-order valence-corrected chi connectivity index (χ4v) is 3.29. The van der Waals surface area contributed by atoms with Crippen LogP contribution >= 0.6 is 0 Å². The number of anilines is 1. The van der Waals surface area contributed by atoms with Crippen LogP contribution in [0, 0.1) is 0 Å². The maximum absolute atomic E-state index is 12.8. The summed E-state index contributed by atoms with van der Waals surface area (Å²) in [4.78, 5) is 26.8. The molecule has 1 N–H and O–H groups in total. The van der Waals surface area contributed by atoms with E-state index in [1.54, 1.807) is 66.3 Å². The van der Waals surface area contributed by atoms with Gasteiger partial charge in [-0.3, -0.25) is 14.3 Å². The van der Waals surface area contributed by atoms with Gasteiger partial charge in [-0.15, -0.1) is 10.2 Å². The first-order valence-electron chi connectivity index (χ1n) is 10.8. The molecule has 0 radical (unpaired) electrons. The minimum atomic E-state index is -0.380. The second kappa shape index (κ2) is 10.3. The summed E-state index contributed by atoms with van der Waals surface area (Å²) < 4.78 is 18.4. The summed E-state index contributed by atoms with van der Waals surface area (Å²) in [6.07, 6.45) is 2.47. The van der Waals surface area contributed by atoms with Gasteiger partial charge in [0.25, 0.3) is 11.8 Å². The molecule has 1 atom stereocenters. The average molecular weight is 466 g/mol. The largest absolute Gasteiger partial charge is 0.488 e. The molecule has 0 bridgehead atoms. The number of benzene rings is 1. The Morgan fingerprint density at radius 2 is 1.91 bits per heavy atom. The van der Waals surface area contributed by atoms with Gasteiger partial charge in [-0.25, -0.2) is 0 Å². The number of hydrogen-bond donors (Lipinski definition) is 1. The summed E-state index contributed by atoms with van der Waals surface area (Å²) >= 11 is 0. The van der Waals surface area contributed by atoms with Crippen molar-refractivity contribution < 1.29 is 23.8 Å². The summed E-state index contributed by atoms with van der Waals surface area (Å²) in [7, 11) is 3.34. The Morgan fingerprint density at radius 3 is 2.53 bits per heavy atom. The number of hydrogen-bond acceptors (Lipinski definition) is 8. The van der Waals surface area contributed by atoms with Gasteiger partial charge in [0.15, 0.2) is 11.5 Å². The van der Waals surface area contributed by atoms with E-state index in [4.69, 9.17) is 14.2 Å². The molecule has 34 heavy (non-hydrogen) atoms. The van der Waals surface area contributed by atoms with Gasteiger partial charge in [-0.2, -0.15) is 5.10 Å². The maximum atomic E-state index is 12.8. The van der Waals surface area contributed by atoms with Gasteiger partial charge in [0, 0.05) is 57.2 Å². The van der Waals surface area contributed by atoms with E-state index in [1.165, 1.54) is 0 Å². The SMILES string of the molecule is COC[C@H](C)Oc1cc(Oc2ccc(C(=O)N3CCC3)nn2)cc(C(=O)Nc2ccn(C)n2)c1. The molecule has 2 amide bonds. The van der Waals surface area contributed by atoms with Crippen molar-refractivity contribution in [3.63, 3.8) is 0 Å². The van der Waals surface area contributed by atoms with Crippen LogP contribution in [-0.4, -0.2) is 69.6 Å². The lowest BCUT2D eigenvalue weighted by Crippen LogP contribution is -2.42. The van der Waals surface area contributed by atoms with Crippen LogP contribution in [0.25, 0.3) is 0 Å². The summed E-state index contributed by atoms with van der Waals surface area (Å²) in [5.74, 6) is 0.812. The lowest BCUT2D eigenvalue weighted by molar-refractivity contribution is 0.0644. The number of carbonyl (C=O) groups is 2. The molecule has 0 saturated carbocycles. The minimum Gasteiger partial charge on any atom is -0.488 e. The second-order valence-electron chi connectivity index (χ2n) is 7.91. The van der Waals surface area contributed by atoms with E-state index in [9.17, 15) is 9.59 Å². The average Bonchev–Trinajstić information content (AvgIpc) is 3.17. The highest BCUT2D eigenvalue weighted by molar-refractivity contribution is 6.04. The standard InChI is InChI=1S/C23H26N6O5/c1-15(14-32-3)33-17-11-16(22(30)24-20-7-10-28(2)27-20)12-18(13-17)34-21-6-5-19(25-26-21)23(31)29-8-4-9-29/h5-7,10-13,15H,4,8-9,14H2,1-3H3,(H,24,27,30)/t15-/m0/s1. The number of likely N-dealkylation sites (tertiary alicyclic amines) is 1. The predicted molar refractivity (Wildman–Crippen MR) is 122 cm³/mol. The molecular formula is C23H26N6O5. The number of aromatic nitrogens is 4. The summed E-state index contributed by atoms with van der Waals surface area (Å²) in [5.41, 5.74) is 0.563. The third-order valence-corrected chi connectivity index (χ3v) is 5.06. The number of rotatable bonds is 9. The van der Waals surface area contributed by atoms with E-state index in [1.807, 2.05) is 6.92 Å². The molecule has 0 unspecified atom stereocenters. The Hall–Kier alpha value is -3.99. The predicted octanol–water partition coefficient (Wildman–Crippen LogP) is 2.51. The lowest BCUT2D eigenvalue weighted by Gasteiger charge is -2.30. The molecule has 178 valence electrons. The van der Waals surface area contributed by atoms with Crippen molar-refractivity contribution in [2.75, 3.05) is 32.1 Å². The van der Waals surface area contributed by atoms with Crippen LogP contribution in [0.1, 0.15) is 34.2 Å². The van der Waals surface area contributed by atoms with Crippen molar-refractivity contribution in [1.82, 2.24) is 24.9 Å². The zero-order valence-electron chi connectivity index (χ0n) is 19.2. The van der Waals surface area contributed by atoms with Crippen molar-refractivity contribution in [3.05, 3.63) is 53.9 Å². The number of nitrogens with one attached hydrogen (secondary N) is 1. The monoisotopic (exact) mass is 466 g/mol. The van der Waals surface area contributed by atoms with Gasteiger partial charge in [0.05, 0.1) is 6.61 Å². The first-order valence-corrected chi connectivity index (χ1v) is 10.8. The van der Waals surface area contributed by atoms with E-state index in [0.29, 0.717) is 29.5 Å². The topological polar surface area (TPSA) is 121 Å². The van der Waals surface area contributed by atoms with Crippen LogP contribution in [-0.2, 0) is 11.8 Å². The van der Waals surface area contributed by atoms with Crippen molar-refractivity contribution >= 4 is 17.6 Å². The van der Waals surface area contributed by atoms with Crippen molar-refractivity contribution in [2.45, 2.75) is 19.4 Å². The Balaban J connectivity index is 1.54. The Kier molecular flexibility index (Phi) is 7.02. The molecule has 1 saturated heterocycles. The van der Waals surface area contributed by atoms with Gasteiger partial charge in [0.1, 0.15) is 17.6 Å². The molecule has 0 spiro atoms. The van der Waals surface area contributed by atoms with Crippen LogP contribution in [0.3, 0.4) is 0 Å². The highest BCUT2D eigenvalue weighted by Gasteiger charge is 2.23. The fraction of sp³-hybridized carbons (Fsp3) is 0.348. The molecule has 2 aromatic heterocycles. The zero-order valence-corrected chi connectivity index (χ0v) is 19.2. The van der Waals surface area contributed by atoms with Crippen LogP contribution in [0.2, 0.25) is 0 Å². The Morgan fingerprint density at radius 1 is 1.12 bits per heavy atom. The summed E-state index contributed by atoms with van der Waals surface area (Å²) in [6, 6.07) is 9.64. The van der Waals surface area contributed by atoms with Gasteiger partial charge in [-0.1, -0.05) is 0 Å². The minimum absolute atomic E-state index is 0.152. The number of ether oxygens (including phenoxy) is 3. The number of amides is 2. The fourth-order valence-electron chi connectivity index (χ4n) is 3.29. The molecule has 1 fully saturated rings. The first kappa shape index (κ1) is 23.2. The molecule has 1 aliphatic heterocycles. The number of methoxy groups -OCH3 is 1. The van der Waals surface area contributed by atoms with Crippen LogP contribution < -0.4 is 14.8 Å². The van der Waals surface area contributed by atoms with Crippen molar-refractivity contribution in [1.29, 1.82) is 0 Å². The second-order valence-corrected chi connectivity index (χ2v) is 7.91. The molecule has 11 heteroatoms. The highest BCUT2D eigenvalue weighted by atomic mass is 16.5. The third kappa shape index (κ3) is 5.67. The first-order chi connectivity index (χ1) is 16.4. The highest BCUT2D eigenvalue weighted by Crippen LogP contribution is 2.28. The third-order valence-electron chi connectivity index (χ3n) is 5.06. The number of carbonyl (C=O) groups excluding carboxylic acids is 2. The molecular weight excluding hydrogens is 440 g/mol. The molecule has 0 aliphatic carbocycles. The Labute approximate surface area is 196 Å².